The van der Waals surface area contributed by atoms with Crippen molar-refractivity contribution in [2.75, 3.05) is 31.5 Å². The Bertz CT molecular complexity index is 792. The Balaban J connectivity index is 1.52. The van der Waals surface area contributed by atoms with Crippen LogP contribution >= 0.6 is 0 Å². The quantitative estimate of drug-likeness (QED) is 0.787. The van der Waals surface area contributed by atoms with Crippen LogP contribution in [0.25, 0.3) is 0 Å². The molecular formula is C20H26N4O3. The van der Waals surface area contributed by atoms with Gasteiger partial charge >= 0.3 is 0 Å². The molecule has 7 nitrogen and oxygen atoms in total. The van der Waals surface area contributed by atoms with Crippen LogP contribution in [0.3, 0.4) is 0 Å². The highest BCUT2D eigenvalue weighted by molar-refractivity contribution is 6.00. The number of aromatic nitrogens is 1. The summed E-state index contributed by atoms with van der Waals surface area (Å²) < 4.78 is 5.29. The van der Waals surface area contributed by atoms with Crippen LogP contribution in [0.1, 0.15) is 35.7 Å². The smallest absolute Gasteiger partial charge is 0.221 e. The summed E-state index contributed by atoms with van der Waals surface area (Å²) in [5.41, 5.74) is 2.26. The van der Waals surface area contributed by atoms with Gasteiger partial charge in [-0.2, -0.15) is 0 Å². The predicted octanol–water partition coefficient (Wildman–Crippen LogP) is 2.33. The molecule has 1 amide bonds. The minimum atomic E-state index is -0.175. The average molecular weight is 370 g/mol. The molecule has 0 radical (unpaired) electrons. The lowest BCUT2D eigenvalue weighted by Gasteiger charge is -2.37. The summed E-state index contributed by atoms with van der Waals surface area (Å²) in [6.07, 6.45) is 0. The first-order valence-corrected chi connectivity index (χ1v) is 9.23. The summed E-state index contributed by atoms with van der Waals surface area (Å²) in [5.74, 6) is 0.855. The van der Waals surface area contributed by atoms with Gasteiger partial charge in [-0.15, -0.1) is 0 Å². The van der Waals surface area contributed by atoms with E-state index in [0.29, 0.717) is 11.3 Å². The van der Waals surface area contributed by atoms with Crippen molar-refractivity contribution in [1.82, 2.24) is 15.0 Å². The van der Waals surface area contributed by atoms with E-state index in [1.165, 1.54) is 6.92 Å². The molecule has 3 rings (SSSR count). The molecule has 1 fully saturated rings. The highest BCUT2D eigenvalue weighted by atomic mass is 16.5. The molecule has 1 saturated heterocycles. The number of nitrogens with zero attached hydrogens (tertiary/aromatic N) is 3. The lowest BCUT2D eigenvalue weighted by molar-refractivity contribution is -0.114. The van der Waals surface area contributed by atoms with E-state index in [1.807, 2.05) is 19.9 Å². The fourth-order valence-corrected chi connectivity index (χ4v) is 3.35. The topological polar surface area (TPSA) is 78.7 Å². The molecule has 144 valence electrons. The van der Waals surface area contributed by atoms with Crippen molar-refractivity contribution in [3.8, 4) is 0 Å². The number of carbonyl (C=O) groups is 2. The van der Waals surface area contributed by atoms with Crippen molar-refractivity contribution in [1.29, 1.82) is 0 Å². The lowest BCUT2D eigenvalue weighted by Crippen LogP contribution is -2.51. The SMILES string of the molecule is CC(=O)Nc1ccc(C(=O)[C@@H](C)N2CCN(Cc3cc(C)no3)CC2)cc1. The number of anilines is 1. The van der Waals surface area contributed by atoms with Gasteiger partial charge in [-0.25, -0.2) is 0 Å². The number of aryl methyl sites for hydroxylation is 1. The number of carbonyl (C=O) groups excluding carboxylic acids is 2. The van der Waals surface area contributed by atoms with Crippen LogP contribution in [0.4, 0.5) is 5.69 Å². The van der Waals surface area contributed by atoms with Gasteiger partial charge in [-0.05, 0) is 38.1 Å². The molecule has 1 aliphatic heterocycles. The Morgan fingerprint density at radius 3 is 2.41 bits per heavy atom. The second-order valence-corrected chi connectivity index (χ2v) is 7.05. The second kappa shape index (κ2) is 8.45. The number of amides is 1. The highest BCUT2D eigenvalue weighted by Crippen LogP contribution is 2.16. The zero-order chi connectivity index (χ0) is 19.4. The third kappa shape index (κ3) is 5.02. The first kappa shape index (κ1) is 19.3. The van der Waals surface area contributed by atoms with Crippen LogP contribution < -0.4 is 5.32 Å². The van der Waals surface area contributed by atoms with Crippen molar-refractivity contribution in [3.05, 3.63) is 47.3 Å². The van der Waals surface area contributed by atoms with Crippen molar-refractivity contribution in [2.45, 2.75) is 33.4 Å². The molecule has 2 aromatic rings. The predicted molar refractivity (Wildman–Crippen MR) is 103 cm³/mol. The summed E-state index contributed by atoms with van der Waals surface area (Å²) in [6.45, 7) is 9.54. The fraction of sp³-hybridized carbons (Fsp3) is 0.450. The number of Topliss-reactive ketones (excluding diaryl/α,β-unsaturated/α-hetero) is 1. The Morgan fingerprint density at radius 2 is 1.85 bits per heavy atom. The Hall–Kier alpha value is -2.51. The monoisotopic (exact) mass is 370 g/mol. The second-order valence-electron chi connectivity index (χ2n) is 7.05. The van der Waals surface area contributed by atoms with Crippen LogP contribution in [0, 0.1) is 6.92 Å². The molecule has 0 aliphatic carbocycles. The molecule has 0 saturated carbocycles. The van der Waals surface area contributed by atoms with E-state index in [2.05, 4.69) is 20.3 Å². The normalized spacial score (nSPS) is 16.9. The first-order chi connectivity index (χ1) is 12.9. The molecule has 7 heteroatoms. The van der Waals surface area contributed by atoms with Gasteiger partial charge in [-0.1, -0.05) is 5.16 Å². The van der Waals surface area contributed by atoms with E-state index in [1.54, 1.807) is 24.3 Å². The summed E-state index contributed by atoms with van der Waals surface area (Å²) >= 11 is 0. The minimum Gasteiger partial charge on any atom is -0.360 e. The third-order valence-electron chi connectivity index (χ3n) is 4.88. The van der Waals surface area contributed by atoms with Gasteiger partial charge in [0.2, 0.25) is 5.91 Å². The third-order valence-corrected chi connectivity index (χ3v) is 4.88. The van der Waals surface area contributed by atoms with Gasteiger partial charge in [-0.3, -0.25) is 19.4 Å². The summed E-state index contributed by atoms with van der Waals surface area (Å²) in [4.78, 5) is 28.4. The van der Waals surface area contributed by atoms with Crippen LogP contribution in [-0.2, 0) is 11.3 Å². The van der Waals surface area contributed by atoms with Crippen LogP contribution in [0.5, 0.6) is 0 Å². The van der Waals surface area contributed by atoms with Gasteiger partial charge in [0.25, 0.3) is 0 Å². The van der Waals surface area contributed by atoms with Crippen molar-refractivity contribution < 1.29 is 14.1 Å². The average Bonchev–Trinajstić information content (AvgIpc) is 3.06. The van der Waals surface area contributed by atoms with E-state index < -0.39 is 0 Å². The van der Waals surface area contributed by atoms with E-state index in [-0.39, 0.29) is 17.7 Å². The van der Waals surface area contributed by atoms with Crippen LogP contribution in [0.15, 0.2) is 34.9 Å². The first-order valence-electron chi connectivity index (χ1n) is 9.23. The number of hydrogen-bond donors (Lipinski definition) is 1. The van der Waals surface area contributed by atoms with Crippen LogP contribution in [-0.4, -0.2) is 58.9 Å². The highest BCUT2D eigenvalue weighted by Gasteiger charge is 2.26. The molecule has 1 aromatic heterocycles. The summed E-state index contributed by atoms with van der Waals surface area (Å²) in [6, 6.07) is 8.85. The molecule has 2 heterocycles. The van der Waals surface area contributed by atoms with E-state index in [9.17, 15) is 9.59 Å². The maximum Gasteiger partial charge on any atom is 0.221 e. The van der Waals surface area contributed by atoms with E-state index in [0.717, 1.165) is 44.2 Å². The molecule has 1 atom stereocenters. The van der Waals surface area contributed by atoms with Gasteiger partial charge in [0, 0.05) is 50.4 Å². The van der Waals surface area contributed by atoms with Crippen molar-refractivity contribution in [3.63, 3.8) is 0 Å². The van der Waals surface area contributed by atoms with Gasteiger partial charge in [0.05, 0.1) is 18.3 Å². The standard InChI is InChI=1S/C20H26N4O3/c1-14-12-19(27-22-14)13-23-8-10-24(11-9-23)15(2)20(26)17-4-6-18(7-5-17)21-16(3)25/h4-7,12,15H,8-11,13H2,1-3H3,(H,21,25)/t15-/m1/s1. The Morgan fingerprint density at radius 1 is 1.19 bits per heavy atom. The number of piperazine rings is 1. The number of ketones is 1. The number of nitrogens with one attached hydrogen (secondary N) is 1. The molecule has 0 bridgehead atoms. The molecule has 27 heavy (non-hydrogen) atoms. The maximum atomic E-state index is 12.8. The molecule has 1 N–H and O–H groups in total. The number of benzene rings is 1. The van der Waals surface area contributed by atoms with Crippen molar-refractivity contribution >= 4 is 17.4 Å². The molecule has 0 spiro atoms. The maximum absolute atomic E-state index is 12.8. The van der Waals surface area contributed by atoms with E-state index >= 15 is 0 Å². The number of hydrogen-bond acceptors (Lipinski definition) is 6. The largest absolute Gasteiger partial charge is 0.360 e. The summed E-state index contributed by atoms with van der Waals surface area (Å²) in [7, 11) is 0. The lowest BCUT2D eigenvalue weighted by atomic mass is 10.0. The number of rotatable bonds is 6. The Labute approximate surface area is 159 Å². The van der Waals surface area contributed by atoms with Crippen LogP contribution in [0.2, 0.25) is 0 Å². The summed E-state index contributed by atoms with van der Waals surface area (Å²) in [5, 5.41) is 6.64. The van der Waals surface area contributed by atoms with Gasteiger partial charge < -0.3 is 9.84 Å². The van der Waals surface area contributed by atoms with Gasteiger partial charge in [0.15, 0.2) is 11.5 Å². The van der Waals surface area contributed by atoms with E-state index in [4.69, 9.17) is 4.52 Å². The molecular weight excluding hydrogens is 344 g/mol. The van der Waals surface area contributed by atoms with Crippen molar-refractivity contribution in [2.24, 2.45) is 0 Å². The minimum absolute atomic E-state index is 0.101. The zero-order valence-corrected chi connectivity index (χ0v) is 16.1. The molecule has 1 aromatic carbocycles. The van der Waals surface area contributed by atoms with Gasteiger partial charge in [0.1, 0.15) is 0 Å². The molecule has 0 unspecified atom stereocenters. The molecule has 1 aliphatic rings. The fourth-order valence-electron chi connectivity index (χ4n) is 3.35. The Kier molecular flexibility index (Phi) is 6.03. The zero-order valence-electron chi connectivity index (χ0n) is 16.1.